The topological polar surface area (TPSA) is 50.7 Å². The lowest BCUT2D eigenvalue weighted by Crippen LogP contribution is -2.18. The van der Waals surface area contributed by atoms with Gasteiger partial charge in [0.1, 0.15) is 5.75 Å². The fourth-order valence-corrected chi connectivity index (χ4v) is 3.73. The monoisotopic (exact) mass is 492 g/mol. The Labute approximate surface area is 166 Å². The third kappa shape index (κ3) is 4.96. The number of carbonyl (C=O) groups is 1. The number of carbonyl (C=O) groups excluding carboxylic acids is 1. The molecule has 0 radical (unpaired) electrons. The molecule has 0 aromatic heterocycles. The number of hydrogen-bond acceptors (Lipinski definition) is 3. The Morgan fingerprint density at radius 2 is 2.04 bits per heavy atom. The third-order valence-electron chi connectivity index (χ3n) is 2.87. The van der Waals surface area contributed by atoms with Crippen LogP contribution >= 0.6 is 55.1 Å². The Morgan fingerprint density at radius 1 is 1.29 bits per heavy atom. The van der Waals surface area contributed by atoms with Gasteiger partial charge in [0.2, 0.25) is 0 Å². The predicted octanol–water partition coefficient (Wildman–Crippen LogP) is 5.68. The van der Waals surface area contributed by atoms with E-state index in [1.165, 1.54) is 18.3 Å². The molecule has 0 spiro atoms. The van der Waals surface area contributed by atoms with Gasteiger partial charge in [0.05, 0.1) is 27.9 Å². The van der Waals surface area contributed by atoms with Crippen LogP contribution in [-0.4, -0.2) is 18.7 Å². The molecule has 0 saturated carbocycles. The summed E-state index contributed by atoms with van der Waals surface area (Å²) in [5.74, 6) is 0.211. The average Bonchev–Trinajstić information content (AvgIpc) is 2.50. The Morgan fingerprint density at radius 3 is 2.71 bits per heavy atom. The van der Waals surface area contributed by atoms with Crippen molar-refractivity contribution in [1.29, 1.82) is 0 Å². The van der Waals surface area contributed by atoms with Gasteiger partial charge in [-0.25, -0.2) is 5.43 Å². The first-order chi connectivity index (χ1) is 11.4. The van der Waals surface area contributed by atoms with Gasteiger partial charge in [-0.2, -0.15) is 5.10 Å². The molecule has 126 valence electrons. The van der Waals surface area contributed by atoms with Crippen molar-refractivity contribution in [2.24, 2.45) is 5.10 Å². The summed E-state index contributed by atoms with van der Waals surface area (Å²) in [5, 5.41) is 4.69. The summed E-state index contributed by atoms with van der Waals surface area (Å²) in [5.41, 5.74) is 3.43. The number of nitrogens with zero attached hydrogens (tertiary/aromatic N) is 1. The van der Waals surface area contributed by atoms with Crippen LogP contribution in [0.1, 0.15) is 22.8 Å². The van der Waals surface area contributed by atoms with Gasteiger partial charge >= 0.3 is 0 Å². The first-order valence-corrected chi connectivity index (χ1v) is 9.17. The van der Waals surface area contributed by atoms with Gasteiger partial charge < -0.3 is 4.74 Å². The molecule has 1 amide bonds. The van der Waals surface area contributed by atoms with Crippen LogP contribution in [0.3, 0.4) is 0 Å². The van der Waals surface area contributed by atoms with E-state index in [-0.39, 0.29) is 5.02 Å². The van der Waals surface area contributed by atoms with Crippen molar-refractivity contribution in [3.63, 3.8) is 0 Å². The van der Waals surface area contributed by atoms with Gasteiger partial charge in [-0.05, 0) is 53.2 Å². The fourth-order valence-electron chi connectivity index (χ4n) is 1.87. The van der Waals surface area contributed by atoms with Gasteiger partial charge in [0.25, 0.3) is 5.91 Å². The maximum atomic E-state index is 12.1. The van der Waals surface area contributed by atoms with Gasteiger partial charge in [-0.1, -0.05) is 39.1 Å². The molecule has 24 heavy (non-hydrogen) atoms. The summed E-state index contributed by atoms with van der Waals surface area (Å²) in [6.45, 7) is 2.40. The van der Waals surface area contributed by atoms with E-state index < -0.39 is 5.91 Å². The molecule has 0 fully saturated rings. The number of benzene rings is 2. The van der Waals surface area contributed by atoms with Gasteiger partial charge in [-0.15, -0.1) is 0 Å². The molecule has 2 aromatic carbocycles. The number of amides is 1. The molecular formula is C16H12Br2Cl2N2O2. The zero-order chi connectivity index (χ0) is 17.7. The Hall–Kier alpha value is -1.08. The van der Waals surface area contributed by atoms with Crippen molar-refractivity contribution < 1.29 is 9.53 Å². The second kappa shape index (κ2) is 8.85. The molecule has 1 N–H and O–H groups in total. The number of rotatable bonds is 5. The van der Waals surface area contributed by atoms with Crippen molar-refractivity contribution >= 4 is 67.2 Å². The number of hydrazone groups is 1. The van der Waals surface area contributed by atoms with Gasteiger partial charge in [0, 0.05) is 15.1 Å². The van der Waals surface area contributed by atoms with Crippen molar-refractivity contribution in [3.05, 3.63) is 60.4 Å². The molecule has 0 aliphatic rings. The van der Waals surface area contributed by atoms with E-state index in [4.69, 9.17) is 27.9 Å². The summed E-state index contributed by atoms with van der Waals surface area (Å²) in [7, 11) is 0. The second-order valence-electron chi connectivity index (χ2n) is 4.56. The first-order valence-electron chi connectivity index (χ1n) is 6.82. The molecule has 4 nitrogen and oxygen atoms in total. The SMILES string of the molecule is CCOc1c(Br)cc(Br)cc1/C=N\NC(=O)c1ccc(Cl)cc1Cl. The van der Waals surface area contributed by atoms with Crippen molar-refractivity contribution in [2.45, 2.75) is 6.92 Å². The summed E-state index contributed by atoms with van der Waals surface area (Å²) in [4.78, 5) is 12.1. The highest BCUT2D eigenvalue weighted by atomic mass is 79.9. The van der Waals surface area contributed by atoms with E-state index in [2.05, 4.69) is 42.4 Å². The van der Waals surface area contributed by atoms with Crippen LogP contribution in [-0.2, 0) is 0 Å². The highest BCUT2D eigenvalue weighted by molar-refractivity contribution is 9.11. The van der Waals surface area contributed by atoms with Crippen LogP contribution in [0.4, 0.5) is 0 Å². The maximum Gasteiger partial charge on any atom is 0.272 e. The summed E-state index contributed by atoms with van der Waals surface area (Å²) in [6, 6.07) is 8.33. The Kier molecular flexibility index (Phi) is 7.10. The van der Waals surface area contributed by atoms with Crippen LogP contribution in [0.25, 0.3) is 0 Å². The molecule has 2 rings (SSSR count). The fraction of sp³-hybridized carbons (Fsp3) is 0.125. The molecule has 2 aromatic rings. The van der Waals surface area contributed by atoms with Crippen molar-refractivity contribution in [3.8, 4) is 5.75 Å². The first kappa shape index (κ1) is 19.2. The quantitative estimate of drug-likeness (QED) is 0.429. The number of hydrogen-bond donors (Lipinski definition) is 1. The lowest BCUT2D eigenvalue weighted by atomic mass is 10.2. The highest BCUT2D eigenvalue weighted by Gasteiger charge is 2.11. The van der Waals surface area contributed by atoms with E-state index in [1.807, 2.05) is 19.1 Å². The molecular weight excluding hydrogens is 483 g/mol. The summed E-state index contributed by atoms with van der Waals surface area (Å²) in [6.07, 6.45) is 1.50. The minimum absolute atomic E-state index is 0.260. The number of halogens is 4. The maximum absolute atomic E-state index is 12.1. The van der Waals surface area contributed by atoms with E-state index in [0.29, 0.717) is 28.5 Å². The lowest BCUT2D eigenvalue weighted by Gasteiger charge is -2.10. The molecule has 0 saturated heterocycles. The standard InChI is InChI=1S/C16H12Br2Cl2N2O2/c1-2-24-15-9(5-10(17)6-13(15)18)8-21-22-16(23)12-4-3-11(19)7-14(12)20/h3-8H,2H2,1H3,(H,22,23)/b21-8-. The third-order valence-corrected chi connectivity index (χ3v) is 4.47. The molecule has 0 unspecified atom stereocenters. The van der Waals surface area contributed by atoms with Crippen LogP contribution in [0.15, 0.2) is 44.4 Å². The minimum Gasteiger partial charge on any atom is -0.492 e. The molecule has 0 bridgehead atoms. The Bertz CT molecular complexity index is 798. The zero-order valence-corrected chi connectivity index (χ0v) is 17.1. The normalized spacial score (nSPS) is 10.9. The van der Waals surface area contributed by atoms with E-state index in [1.54, 1.807) is 6.07 Å². The predicted molar refractivity (Wildman–Crippen MR) is 105 cm³/mol. The highest BCUT2D eigenvalue weighted by Crippen LogP contribution is 2.32. The molecule has 0 aliphatic heterocycles. The van der Waals surface area contributed by atoms with Gasteiger partial charge in [0.15, 0.2) is 0 Å². The average molecular weight is 495 g/mol. The number of nitrogens with one attached hydrogen (secondary N) is 1. The van der Waals surface area contributed by atoms with E-state index >= 15 is 0 Å². The Balaban J connectivity index is 2.18. The summed E-state index contributed by atoms with van der Waals surface area (Å²) >= 11 is 18.7. The number of ether oxygens (including phenoxy) is 1. The van der Waals surface area contributed by atoms with Crippen molar-refractivity contribution in [2.75, 3.05) is 6.61 Å². The van der Waals surface area contributed by atoms with Crippen LogP contribution in [0.2, 0.25) is 10.0 Å². The van der Waals surface area contributed by atoms with E-state index in [9.17, 15) is 4.79 Å². The largest absolute Gasteiger partial charge is 0.492 e. The van der Waals surface area contributed by atoms with Crippen LogP contribution in [0, 0.1) is 0 Å². The van der Waals surface area contributed by atoms with Gasteiger partial charge in [-0.3, -0.25) is 4.79 Å². The minimum atomic E-state index is -0.431. The molecule has 0 atom stereocenters. The van der Waals surface area contributed by atoms with E-state index in [0.717, 1.165) is 8.95 Å². The summed E-state index contributed by atoms with van der Waals surface area (Å²) < 4.78 is 7.23. The molecule has 0 aliphatic carbocycles. The second-order valence-corrected chi connectivity index (χ2v) is 7.18. The molecule has 8 heteroatoms. The van der Waals surface area contributed by atoms with Crippen LogP contribution < -0.4 is 10.2 Å². The molecule has 0 heterocycles. The zero-order valence-electron chi connectivity index (χ0n) is 12.4. The van der Waals surface area contributed by atoms with Crippen molar-refractivity contribution in [1.82, 2.24) is 5.43 Å². The van der Waals surface area contributed by atoms with Crippen LogP contribution in [0.5, 0.6) is 5.75 Å². The smallest absolute Gasteiger partial charge is 0.272 e. The lowest BCUT2D eigenvalue weighted by molar-refractivity contribution is 0.0955.